The molecule has 0 saturated heterocycles. The van der Waals surface area contributed by atoms with Gasteiger partial charge in [-0.05, 0) is 47.5 Å². The molecule has 0 saturated carbocycles. The number of amides is 1. The summed E-state index contributed by atoms with van der Waals surface area (Å²) in [5.74, 6) is -3.16. The number of methoxy groups -OCH3 is 1. The summed E-state index contributed by atoms with van der Waals surface area (Å²) in [6.07, 6.45) is 2.08. The van der Waals surface area contributed by atoms with Crippen LogP contribution < -0.4 is 14.8 Å². The van der Waals surface area contributed by atoms with Gasteiger partial charge in [-0.15, -0.1) is 0 Å². The van der Waals surface area contributed by atoms with Crippen LogP contribution in [0.4, 0.5) is 18.9 Å². The third kappa shape index (κ3) is 9.64. The highest BCUT2D eigenvalue weighted by Crippen LogP contribution is 2.29. The second-order valence-electron chi connectivity index (χ2n) is 7.35. The van der Waals surface area contributed by atoms with Crippen molar-refractivity contribution in [1.82, 2.24) is 4.98 Å². The Kier molecular flexibility index (Phi) is 10.8. The Morgan fingerprint density at radius 1 is 1.03 bits per heavy atom. The number of pyridine rings is 1. The Morgan fingerprint density at radius 3 is 2.34 bits per heavy atom. The van der Waals surface area contributed by atoms with Crippen molar-refractivity contribution >= 4 is 29.6 Å². The normalized spacial score (nSPS) is 10.7. The first-order valence-corrected chi connectivity index (χ1v) is 10.8. The number of carboxylic acids is 2. The lowest BCUT2D eigenvalue weighted by molar-refractivity contribution is -0.192. The number of carboxylic acid groups (broad SMARTS) is 2. The van der Waals surface area contributed by atoms with Crippen LogP contribution in [-0.4, -0.2) is 52.9 Å². The van der Waals surface area contributed by atoms with Crippen molar-refractivity contribution in [3.8, 4) is 11.5 Å². The molecule has 3 N–H and O–H groups in total. The zero-order chi connectivity index (χ0) is 28.1. The molecule has 200 valence electrons. The maximum absolute atomic E-state index is 12.2. The van der Waals surface area contributed by atoms with E-state index in [1.807, 2.05) is 12.1 Å². The minimum absolute atomic E-state index is 0.0259. The van der Waals surface area contributed by atoms with Crippen molar-refractivity contribution in [3.63, 3.8) is 0 Å². The number of aliphatic carboxylic acids is 1. The topological polar surface area (TPSA) is 135 Å². The van der Waals surface area contributed by atoms with E-state index in [9.17, 15) is 27.9 Å². The van der Waals surface area contributed by atoms with E-state index in [1.165, 1.54) is 18.2 Å². The highest BCUT2D eigenvalue weighted by molar-refractivity contribution is 6.06. The number of hydrogen-bond donors (Lipinski definition) is 3. The van der Waals surface area contributed by atoms with Crippen molar-refractivity contribution in [2.45, 2.75) is 12.6 Å². The fraction of sp³-hybridized carbons (Fsp3) is 0.154. The zero-order valence-corrected chi connectivity index (χ0v) is 19.9. The van der Waals surface area contributed by atoms with Gasteiger partial charge in [0.1, 0.15) is 0 Å². The number of nitrogens with zero attached hydrogens (tertiary/aromatic N) is 1. The van der Waals surface area contributed by atoms with E-state index in [2.05, 4.69) is 10.3 Å². The molecule has 1 aromatic heterocycles. The Balaban J connectivity index is 0.000000638. The average molecular weight is 532 g/mol. The second-order valence-corrected chi connectivity index (χ2v) is 7.35. The van der Waals surface area contributed by atoms with Crippen LogP contribution in [0.3, 0.4) is 0 Å². The first-order valence-electron chi connectivity index (χ1n) is 10.8. The standard InChI is InChI=1S/C24H22N2O5.C2HF3O2/c1-30-21-10-8-17(15-22(21)31-14-12-18-5-4-13-25-16-18)9-11-23(27)26-20-7-3-2-6-19(20)24(28)29;3-2(4,5)1(6)7/h2-11,13,15-16H,12,14H2,1H3,(H,26,27)(H,28,29);(H,6,7)/b11-9+;. The molecule has 1 amide bonds. The van der Waals surface area contributed by atoms with Crippen LogP contribution >= 0.6 is 0 Å². The van der Waals surface area contributed by atoms with Crippen LogP contribution in [0.15, 0.2) is 73.1 Å². The second kappa shape index (κ2) is 14.0. The monoisotopic (exact) mass is 532 g/mol. The lowest BCUT2D eigenvalue weighted by atomic mass is 10.1. The van der Waals surface area contributed by atoms with Gasteiger partial charge in [0.15, 0.2) is 11.5 Å². The number of halogens is 3. The SMILES string of the molecule is COc1ccc(/C=C/C(=O)Nc2ccccc2C(=O)O)cc1OCCc1cccnc1.O=C(O)C(F)(F)F. The quantitative estimate of drug-likeness (QED) is 0.338. The molecular formula is C26H23F3N2O7. The Bertz CT molecular complexity index is 1280. The molecule has 12 heteroatoms. The summed E-state index contributed by atoms with van der Waals surface area (Å²) >= 11 is 0. The summed E-state index contributed by atoms with van der Waals surface area (Å²) < 4.78 is 42.9. The first kappa shape index (κ1) is 29.4. The predicted molar refractivity (Wildman–Crippen MR) is 131 cm³/mol. The Hall–Kier alpha value is -4.87. The number of nitrogens with one attached hydrogen (secondary N) is 1. The Labute approximate surface area is 215 Å². The summed E-state index contributed by atoms with van der Waals surface area (Å²) in [7, 11) is 1.56. The van der Waals surface area contributed by atoms with Gasteiger partial charge >= 0.3 is 18.1 Å². The van der Waals surface area contributed by atoms with Crippen LogP contribution in [0.25, 0.3) is 6.08 Å². The van der Waals surface area contributed by atoms with Crippen molar-refractivity contribution < 1.29 is 47.2 Å². The third-order valence-corrected chi connectivity index (χ3v) is 4.64. The molecule has 3 rings (SSSR count). The molecule has 2 aromatic carbocycles. The number of carbonyl (C=O) groups excluding carboxylic acids is 1. The number of rotatable bonds is 9. The van der Waals surface area contributed by atoms with Crippen LogP contribution in [0.2, 0.25) is 0 Å². The minimum Gasteiger partial charge on any atom is -0.493 e. The molecule has 0 spiro atoms. The van der Waals surface area contributed by atoms with Gasteiger partial charge in [-0.2, -0.15) is 13.2 Å². The molecular weight excluding hydrogens is 509 g/mol. The van der Waals surface area contributed by atoms with Crippen molar-refractivity contribution in [3.05, 3.63) is 89.8 Å². The average Bonchev–Trinajstić information content (AvgIpc) is 2.88. The number of anilines is 1. The van der Waals surface area contributed by atoms with Gasteiger partial charge in [-0.25, -0.2) is 9.59 Å². The van der Waals surface area contributed by atoms with Gasteiger partial charge in [0.25, 0.3) is 0 Å². The van der Waals surface area contributed by atoms with Crippen molar-refractivity contribution in [2.75, 3.05) is 19.0 Å². The molecule has 0 aliphatic rings. The van der Waals surface area contributed by atoms with Crippen molar-refractivity contribution in [1.29, 1.82) is 0 Å². The Morgan fingerprint density at radius 2 is 1.74 bits per heavy atom. The van der Waals surface area contributed by atoms with E-state index in [0.29, 0.717) is 24.5 Å². The predicted octanol–water partition coefficient (Wildman–Crippen LogP) is 4.70. The number of hydrogen-bond acceptors (Lipinski definition) is 6. The van der Waals surface area contributed by atoms with Crippen LogP contribution in [0.1, 0.15) is 21.5 Å². The maximum atomic E-state index is 12.2. The fourth-order valence-electron chi connectivity index (χ4n) is 2.86. The van der Waals surface area contributed by atoms with Gasteiger partial charge in [0, 0.05) is 24.9 Å². The molecule has 1 heterocycles. The largest absolute Gasteiger partial charge is 0.493 e. The van der Waals surface area contributed by atoms with E-state index in [1.54, 1.807) is 55.9 Å². The van der Waals surface area contributed by atoms with Gasteiger partial charge < -0.3 is 25.0 Å². The van der Waals surface area contributed by atoms with Crippen molar-refractivity contribution in [2.24, 2.45) is 0 Å². The van der Waals surface area contributed by atoms with Gasteiger partial charge in [0.2, 0.25) is 5.91 Å². The van der Waals surface area contributed by atoms with Crippen LogP contribution in [0, 0.1) is 0 Å². The van der Waals surface area contributed by atoms with Crippen LogP contribution in [0.5, 0.6) is 11.5 Å². The maximum Gasteiger partial charge on any atom is 0.490 e. The van der Waals surface area contributed by atoms with Gasteiger partial charge in [-0.1, -0.05) is 24.3 Å². The number of alkyl halides is 3. The number of aromatic nitrogens is 1. The summed E-state index contributed by atoms with van der Waals surface area (Å²) in [6.45, 7) is 0.446. The van der Waals surface area contributed by atoms with E-state index in [4.69, 9.17) is 19.4 Å². The highest BCUT2D eigenvalue weighted by Gasteiger charge is 2.38. The fourth-order valence-corrected chi connectivity index (χ4v) is 2.86. The lowest BCUT2D eigenvalue weighted by Crippen LogP contribution is -2.21. The summed E-state index contributed by atoms with van der Waals surface area (Å²) in [6, 6.07) is 15.4. The van der Waals surface area contributed by atoms with E-state index < -0.39 is 24.0 Å². The molecule has 0 radical (unpaired) electrons. The van der Waals surface area contributed by atoms with E-state index >= 15 is 0 Å². The number of carbonyl (C=O) groups is 3. The van der Waals surface area contributed by atoms with Gasteiger partial charge in [0.05, 0.1) is 25.0 Å². The smallest absolute Gasteiger partial charge is 0.490 e. The number of aromatic carboxylic acids is 1. The molecule has 0 aliphatic heterocycles. The molecule has 9 nitrogen and oxygen atoms in total. The van der Waals surface area contributed by atoms with Gasteiger partial charge in [-0.3, -0.25) is 9.78 Å². The molecule has 0 fully saturated rings. The number of benzene rings is 2. The summed E-state index contributed by atoms with van der Waals surface area (Å²) in [5, 5.41) is 18.9. The lowest BCUT2D eigenvalue weighted by Gasteiger charge is -2.11. The minimum atomic E-state index is -5.08. The molecule has 0 aliphatic carbocycles. The highest BCUT2D eigenvalue weighted by atomic mass is 19.4. The molecule has 38 heavy (non-hydrogen) atoms. The van der Waals surface area contributed by atoms with Crippen LogP contribution in [-0.2, 0) is 16.0 Å². The summed E-state index contributed by atoms with van der Waals surface area (Å²) in [4.78, 5) is 36.5. The van der Waals surface area contributed by atoms with E-state index in [-0.39, 0.29) is 11.3 Å². The zero-order valence-electron chi connectivity index (χ0n) is 19.9. The first-order chi connectivity index (χ1) is 18.0. The number of para-hydroxylation sites is 1. The van der Waals surface area contributed by atoms with E-state index in [0.717, 1.165) is 11.1 Å². The number of ether oxygens (including phenoxy) is 2. The molecule has 3 aromatic rings. The molecule has 0 unspecified atom stereocenters. The molecule has 0 atom stereocenters. The third-order valence-electron chi connectivity index (χ3n) is 4.64. The summed E-state index contributed by atoms with van der Waals surface area (Å²) in [5.41, 5.74) is 2.06. The molecule has 0 bridgehead atoms.